The van der Waals surface area contributed by atoms with Crippen LogP contribution in [-0.2, 0) is 11.4 Å². The molecule has 0 unspecified atom stereocenters. The van der Waals surface area contributed by atoms with E-state index >= 15 is 0 Å². The van der Waals surface area contributed by atoms with E-state index in [4.69, 9.17) is 0 Å². The number of hydrogen-bond donors (Lipinski definition) is 0. The molecule has 7 nitrogen and oxygen atoms in total. The number of hydrogen-bond acceptors (Lipinski definition) is 5. The summed E-state index contributed by atoms with van der Waals surface area (Å²) in [6.07, 6.45) is 4.27. The molecule has 13 heavy (non-hydrogen) atoms. The molecule has 70 valence electrons. The van der Waals surface area contributed by atoms with Crippen LogP contribution in [0.15, 0.2) is 17.5 Å². The van der Waals surface area contributed by atoms with Crippen molar-refractivity contribution in [1.82, 2.24) is 9.55 Å². The Morgan fingerprint density at radius 2 is 2.69 bits per heavy atom. The summed E-state index contributed by atoms with van der Waals surface area (Å²) < 4.78 is 1.35. The maximum Gasteiger partial charge on any atom is 0.434 e. The number of aromatic nitrogens is 2. The van der Waals surface area contributed by atoms with Crippen LogP contribution in [0.25, 0.3) is 0 Å². The lowest BCUT2D eigenvalue weighted by molar-refractivity contribution is -0.396. The fourth-order valence-corrected chi connectivity index (χ4v) is 0.812. The van der Waals surface area contributed by atoms with Crippen LogP contribution in [0.4, 0.5) is 5.95 Å². The standard InChI is InChI=1S/C6H8N4O3/c1-13-8-3-5-9-4-2-7-6(9)10(11)12/h2-4H,5H2,1H3. The van der Waals surface area contributed by atoms with Gasteiger partial charge in [-0.3, -0.25) is 0 Å². The molecule has 0 aliphatic rings. The van der Waals surface area contributed by atoms with Crippen LogP contribution in [0.5, 0.6) is 0 Å². The predicted octanol–water partition coefficient (Wildman–Crippen LogP) is 0.423. The first-order valence-corrected chi connectivity index (χ1v) is 3.46. The van der Waals surface area contributed by atoms with E-state index in [9.17, 15) is 10.1 Å². The lowest BCUT2D eigenvalue weighted by atomic mass is 10.7. The average Bonchev–Trinajstić information content (AvgIpc) is 2.53. The smallest absolute Gasteiger partial charge is 0.399 e. The molecule has 0 saturated carbocycles. The number of imidazole rings is 1. The van der Waals surface area contributed by atoms with Gasteiger partial charge in [0.05, 0.1) is 6.21 Å². The van der Waals surface area contributed by atoms with E-state index < -0.39 is 4.92 Å². The highest BCUT2D eigenvalue weighted by Gasteiger charge is 2.11. The molecule has 1 rings (SSSR count). The molecule has 0 fully saturated rings. The molecular formula is C6H8N4O3. The summed E-state index contributed by atoms with van der Waals surface area (Å²) in [6, 6.07) is 0. The molecule has 0 bridgehead atoms. The third kappa shape index (κ3) is 2.26. The van der Waals surface area contributed by atoms with Gasteiger partial charge in [-0.05, 0) is 4.92 Å². The van der Waals surface area contributed by atoms with Gasteiger partial charge in [-0.25, -0.2) is 4.57 Å². The molecule has 1 aromatic heterocycles. The van der Waals surface area contributed by atoms with Crippen LogP contribution in [-0.4, -0.2) is 27.8 Å². The molecule has 0 amide bonds. The van der Waals surface area contributed by atoms with Gasteiger partial charge >= 0.3 is 5.95 Å². The van der Waals surface area contributed by atoms with E-state index in [0.29, 0.717) is 0 Å². The minimum atomic E-state index is -0.555. The van der Waals surface area contributed by atoms with Gasteiger partial charge in [0, 0.05) is 0 Å². The lowest BCUT2D eigenvalue weighted by Gasteiger charge is -1.95. The van der Waals surface area contributed by atoms with E-state index in [2.05, 4.69) is 15.0 Å². The van der Waals surface area contributed by atoms with Crippen LogP contribution in [0.2, 0.25) is 0 Å². The number of oxime groups is 1. The Balaban J connectivity index is 2.71. The van der Waals surface area contributed by atoms with Crippen LogP contribution < -0.4 is 0 Å². The molecule has 0 aliphatic carbocycles. The first kappa shape index (κ1) is 9.17. The number of nitro groups is 1. The molecule has 0 aliphatic heterocycles. The summed E-state index contributed by atoms with van der Waals surface area (Å²) in [6.45, 7) is 0.268. The molecule has 7 heteroatoms. The van der Waals surface area contributed by atoms with Gasteiger partial charge in [-0.2, -0.15) is 0 Å². The molecule has 0 spiro atoms. The van der Waals surface area contributed by atoms with Gasteiger partial charge in [-0.1, -0.05) is 10.1 Å². The SMILES string of the molecule is CON=CCn1ccnc1[N+](=O)[O-]. The van der Waals surface area contributed by atoms with Gasteiger partial charge < -0.3 is 15.0 Å². The van der Waals surface area contributed by atoms with Crippen LogP contribution in [0, 0.1) is 10.1 Å². The van der Waals surface area contributed by atoms with E-state index in [1.165, 1.54) is 30.3 Å². The van der Waals surface area contributed by atoms with Gasteiger partial charge in [-0.15, -0.1) is 0 Å². The Hall–Kier alpha value is -1.92. The summed E-state index contributed by atoms with van der Waals surface area (Å²) >= 11 is 0. The monoisotopic (exact) mass is 184 g/mol. The zero-order valence-corrected chi connectivity index (χ0v) is 6.95. The summed E-state index contributed by atoms with van der Waals surface area (Å²) in [5.74, 6) is -0.206. The molecule has 0 atom stereocenters. The largest absolute Gasteiger partial charge is 0.434 e. The van der Waals surface area contributed by atoms with Gasteiger partial charge in [0.2, 0.25) is 0 Å². The summed E-state index contributed by atoms with van der Waals surface area (Å²) in [7, 11) is 1.40. The van der Waals surface area contributed by atoms with Crippen molar-refractivity contribution in [3.8, 4) is 0 Å². The van der Waals surface area contributed by atoms with Gasteiger partial charge in [0.1, 0.15) is 26.0 Å². The quantitative estimate of drug-likeness (QED) is 0.385. The molecular weight excluding hydrogens is 176 g/mol. The second kappa shape index (κ2) is 4.19. The topological polar surface area (TPSA) is 82.5 Å². The summed E-state index contributed by atoms with van der Waals surface area (Å²) in [5.41, 5.74) is 0. The fraction of sp³-hybridized carbons (Fsp3) is 0.333. The zero-order valence-electron chi connectivity index (χ0n) is 6.95. The molecule has 0 N–H and O–H groups in total. The Morgan fingerprint density at radius 3 is 3.31 bits per heavy atom. The Labute approximate surface area is 73.8 Å². The maximum atomic E-state index is 10.4. The summed E-state index contributed by atoms with van der Waals surface area (Å²) in [4.78, 5) is 17.8. The maximum absolute atomic E-state index is 10.4. The lowest BCUT2D eigenvalue weighted by Crippen LogP contribution is -2.03. The Morgan fingerprint density at radius 1 is 1.92 bits per heavy atom. The highest BCUT2D eigenvalue weighted by Crippen LogP contribution is 2.05. The predicted molar refractivity (Wildman–Crippen MR) is 44.4 cm³/mol. The third-order valence-electron chi connectivity index (χ3n) is 1.32. The van der Waals surface area contributed by atoms with Crippen LogP contribution in [0.3, 0.4) is 0 Å². The van der Waals surface area contributed by atoms with Crippen LogP contribution in [0.1, 0.15) is 0 Å². The number of nitrogens with zero attached hydrogens (tertiary/aromatic N) is 4. The van der Waals surface area contributed by atoms with Crippen LogP contribution >= 0.6 is 0 Å². The second-order valence-corrected chi connectivity index (χ2v) is 2.11. The van der Waals surface area contributed by atoms with E-state index in [0.717, 1.165) is 0 Å². The molecule has 1 aromatic rings. The van der Waals surface area contributed by atoms with E-state index in [1.807, 2.05) is 0 Å². The highest BCUT2D eigenvalue weighted by atomic mass is 16.6. The second-order valence-electron chi connectivity index (χ2n) is 2.11. The van der Waals surface area contributed by atoms with Crippen molar-refractivity contribution < 1.29 is 9.76 Å². The number of rotatable bonds is 4. The Bertz CT molecular complexity index is 319. The van der Waals surface area contributed by atoms with Crippen molar-refractivity contribution >= 4 is 12.2 Å². The highest BCUT2D eigenvalue weighted by molar-refractivity contribution is 5.56. The van der Waals surface area contributed by atoms with Crippen molar-refractivity contribution in [1.29, 1.82) is 0 Å². The van der Waals surface area contributed by atoms with Crippen molar-refractivity contribution in [3.63, 3.8) is 0 Å². The van der Waals surface area contributed by atoms with E-state index in [1.54, 1.807) is 0 Å². The van der Waals surface area contributed by atoms with Gasteiger partial charge in [0.15, 0.2) is 0 Å². The Kier molecular flexibility index (Phi) is 2.96. The fourth-order valence-electron chi connectivity index (χ4n) is 0.812. The molecule has 0 saturated heterocycles. The summed E-state index contributed by atoms with van der Waals surface area (Å²) in [5, 5.41) is 13.8. The first-order valence-electron chi connectivity index (χ1n) is 3.46. The minimum absolute atomic E-state index is 0.206. The molecule has 0 radical (unpaired) electrons. The van der Waals surface area contributed by atoms with Gasteiger partial charge in [0.25, 0.3) is 0 Å². The first-order chi connectivity index (χ1) is 6.25. The average molecular weight is 184 g/mol. The third-order valence-corrected chi connectivity index (χ3v) is 1.32. The minimum Gasteiger partial charge on any atom is -0.399 e. The van der Waals surface area contributed by atoms with Crippen molar-refractivity contribution in [2.24, 2.45) is 5.16 Å². The van der Waals surface area contributed by atoms with Crippen molar-refractivity contribution in [2.75, 3.05) is 7.11 Å². The van der Waals surface area contributed by atoms with Crippen molar-refractivity contribution in [2.45, 2.75) is 6.54 Å². The molecule has 1 heterocycles. The molecule has 0 aromatic carbocycles. The zero-order chi connectivity index (χ0) is 9.68. The van der Waals surface area contributed by atoms with Crippen molar-refractivity contribution in [3.05, 3.63) is 22.5 Å². The normalized spacial score (nSPS) is 10.5. The van der Waals surface area contributed by atoms with E-state index in [-0.39, 0.29) is 12.5 Å².